The number of para-hydroxylation sites is 1. The molecule has 2 heterocycles. The molecular weight excluding hydrogens is 310 g/mol. The number of anilines is 1. The van der Waals surface area contributed by atoms with Crippen LogP contribution in [-0.2, 0) is 31.2 Å². The summed E-state index contributed by atoms with van der Waals surface area (Å²) in [5.74, 6) is 0.0727. The van der Waals surface area contributed by atoms with E-state index in [1.165, 1.54) is 16.7 Å². The van der Waals surface area contributed by atoms with Crippen molar-refractivity contribution in [1.82, 2.24) is 9.55 Å². The number of carbonyl (C=O) groups excluding carboxylic acids is 1. The molecule has 0 N–H and O–H groups in total. The Labute approximate surface area is 147 Å². The largest absolute Gasteiger partial charge is 0.340 e. The smallest absolute Gasteiger partial charge is 0.224 e. The van der Waals surface area contributed by atoms with Gasteiger partial charge in [0.15, 0.2) is 0 Å². The van der Waals surface area contributed by atoms with Crippen LogP contribution >= 0.6 is 0 Å². The molecule has 0 bridgehead atoms. The number of hydrogen-bond acceptors (Lipinski definition) is 2. The first-order valence-electron chi connectivity index (χ1n) is 8.58. The van der Waals surface area contributed by atoms with Crippen LogP contribution in [0.2, 0.25) is 0 Å². The van der Waals surface area contributed by atoms with Gasteiger partial charge in [0.25, 0.3) is 0 Å². The second kappa shape index (κ2) is 6.20. The molecule has 0 spiro atoms. The molecule has 0 aliphatic carbocycles. The average Bonchev–Trinajstić information content (AvgIpc) is 3.03. The van der Waals surface area contributed by atoms with Crippen molar-refractivity contribution in [1.29, 1.82) is 0 Å². The Morgan fingerprint density at radius 3 is 2.60 bits per heavy atom. The van der Waals surface area contributed by atoms with Gasteiger partial charge in [0.2, 0.25) is 5.91 Å². The molecule has 0 fully saturated rings. The van der Waals surface area contributed by atoms with Crippen molar-refractivity contribution >= 4 is 11.6 Å². The quantitative estimate of drug-likeness (QED) is 0.681. The first-order valence-corrected chi connectivity index (χ1v) is 8.58. The number of carbonyl (C=O) groups is 1. The van der Waals surface area contributed by atoms with Crippen LogP contribution in [0.25, 0.3) is 11.3 Å². The Bertz CT molecular complexity index is 942. The number of aryl methyl sites for hydroxylation is 3. The number of amides is 1. The van der Waals surface area contributed by atoms with Gasteiger partial charge in [0.05, 0.1) is 18.6 Å². The van der Waals surface area contributed by atoms with Crippen LogP contribution < -0.4 is 4.90 Å². The summed E-state index contributed by atoms with van der Waals surface area (Å²) in [4.78, 5) is 18.6. The molecule has 2 aromatic carbocycles. The molecule has 4 heteroatoms. The number of rotatable bonds is 1. The summed E-state index contributed by atoms with van der Waals surface area (Å²) in [6, 6.07) is 14.7. The standard InChI is InChI=1S/C21H21N3O/c1-15(25)24-12-19-11-18(20-13-23(2)14-22-20)10-8-16(19)7-9-17-5-3-4-6-21(17)24/h3-6,8,10-11,13-14H,7,9,12H2,1-2H3. The summed E-state index contributed by atoms with van der Waals surface area (Å²) in [5.41, 5.74) is 6.83. The van der Waals surface area contributed by atoms with Gasteiger partial charge in [-0.25, -0.2) is 4.98 Å². The fourth-order valence-corrected chi connectivity index (χ4v) is 3.53. The monoisotopic (exact) mass is 331 g/mol. The topological polar surface area (TPSA) is 38.1 Å². The van der Waals surface area contributed by atoms with E-state index in [-0.39, 0.29) is 5.91 Å². The van der Waals surface area contributed by atoms with Gasteiger partial charge in [0.1, 0.15) is 0 Å². The zero-order valence-electron chi connectivity index (χ0n) is 14.6. The minimum atomic E-state index is 0.0727. The summed E-state index contributed by atoms with van der Waals surface area (Å²) < 4.78 is 1.95. The summed E-state index contributed by atoms with van der Waals surface area (Å²) in [7, 11) is 1.97. The predicted molar refractivity (Wildman–Crippen MR) is 99.4 cm³/mol. The van der Waals surface area contributed by atoms with Crippen molar-refractivity contribution in [3.8, 4) is 11.3 Å². The molecule has 0 radical (unpaired) electrons. The highest BCUT2D eigenvalue weighted by Gasteiger charge is 2.20. The van der Waals surface area contributed by atoms with E-state index >= 15 is 0 Å². The van der Waals surface area contributed by atoms with Crippen LogP contribution in [0, 0.1) is 0 Å². The zero-order valence-corrected chi connectivity index (χ0v) is 14.6. The number of benzene rings is 2. The van der Waals surface area contributed by atoms with Gasteiger partial charge in [-0.2, -0.15) is 0 Å². The molecule has 1 aliphatic rings. The maximum atomic E-state index is 12.3. The summed E-state index contributed by atoms with van der Waals surface area (Å²) in [5, 5.41) is 0. The van der Waals surface area contributed by atoms with E-state index in [1.807, 2.05) is 47.2 Å². The van der Waals surface area contributed by atoms with Crippen LogP contribution in [0.4, 0.5) is 5.69 Å². The number of fused-ring (bicyclic) bond motifs is 2. The Morgan fingerprint density at radius 1 is 1.04 bits per heavy atom. The molecule has 4 nitrogen and oxygen atoms in total. The highest BCUT2D eigenvalue weighted by Crippen LogP contribution is 2.30. The molecule has 0 unspecified atom stereocenters. The molecule has 0 saturated carbocycles. The highest BCUT2D eigenvalue weighted by molar-refractivity contribution is 5.92. The first kappa shape index (κ1) is 15.6. The first-order chi connectivity index (χ1) is 12.1. The van der Waals surface area contributed by atoms with Crippen molar-refractivity contribution < 1.29 is 4.79 Å². The molecule has 1 aromatic heterocycles. The van der Waals surface area contributed by atoms with E-state index in [1.54, 1.807) is 6.92 Å². The second-order valence-corrected chi connectivity index (χ2v) is 6.64. The Morgan fingerprint density at radius 2 is 1.84 bits per heavy atom. The van der Waals surface area contributed by atoms with Gasteiger partial charge in [-0.05, 0) is 41.7 Å². The van der Waals surface area contributed by atoms with Gasteiger partial charge in [-0.15, -0.1) is 0 Å². The average molecular weight is 331 g/mol. The summed E-state index contributed by atoms with van der Waals surface area (Å²) in [6.45, 7) is 2.24. The maximum absolute atomic E-state index is 12.3. The Balaban J connectivity index is 1.78. The molecule has 0 atom stereocenters. The van der Waals surface area contributed by atoms with Crippen molar-refractivity contribution in [2.75, 3.05) is 4.90 Å². The molecule has 126 valence electrons. The minimum Gasteiger partial charge on any atom is -0.340 e. The van der Waals surface area contributed by atoms with Crippen LogP contribution in [-0.4, -0.2) is 15.5 Å². The summed E-state index contributed by atoms with van der Waals surface area (Å²) in [6.07, 6.45) is 5.75. The van der Waals surface area contributed by atoms with Crippen LogP contribution in [0.1, 0.15) is 23.6 Å². The van der Waals surface area contributed by atoms with E-state index < -0.39 is 0 Å². The van der Waals surface area contributed by atoms with E-state index in [0.29, 0.717) is 6.54 Å². The molecule has 25 heavy (non-hydrogen) atoms. The molecular formula is C21H21N3O. The molecule has 0 saturated heterocycles. The number of aromatic nitrogens is 2. The van der Waals surface area contributed by atoms with E-state index in [0.717, 1.165) is 29.8 Å². The van der Waals surface area contributed by atoms with E-state index in [4.69, 9.17) is 0 Å². The van der Waals surface area contributed by atoms with Crippen molar-refractivity contribution in [2.24, 2.45) is 7.05 Å². The third kappa shape index (κ3) is 2.95. The highest BCUT2D eigenvalue weighted by atomic mass is 16.2. The fourth-order valence-electron chi connectivity index (χ4n) is 3.53. The Kier molecular flexibility index (Phi) is 3.88. The van der Waals surface area contributed by atoms with Gasteiger partial charge >= 0.3 is 0 Å². The number of hydrogen-bond donors (Lipinski definition) is 0. The lowest BCUT2D eigenvalue weighted by molar-refractivity contribution is -0.116. The van der Waals surface area contributed by atoms with Crippen molar-refractivity contribution in [3.05, 3.63) is 71.7 Å². The summed E-state index contributed by atoms with van der Waals surface area (Å²) >= 11 is 0. The third-order valence-corrected chi connectivity index (χ3v) is 4.86. The number of imidazole rings is 1. The Hall–Kier alpha value is -2.88. The van der Waals surface area contributed by atoms with Gasteiger partial charge in [-0.3, -0.25) is 4.79 Å². The van der Waals surface area contributed by atoms with Gasteiger partial charge < -0.3 is 9.47 Å². The lowest BCUT2D eigenvalue weighted by atomic mass is 9.93. The lowest BCUT2D eigenvalue weighted by Gasteiger charge is -2.28. The minimum absolute atomic E-state index is 0.0727. The second-order valence-electron chi connectivity index (χ2n) is 6.64. The van der Waals surface area contributed by atoms with Crippen LogP contribution in [0.5, 0.6) is 0 Å². The molecule has 1 amide bonds. The molecule has 3 aromatic rings. The molecule has 4 rings (SSSR count). The maximum Gasteiger partial charge on any atom is 0.224 e. The SMILES string of the molecule is CC(=O)N1Cc2cc(-c3cn(C)cn3)ccc2CCc2ccccc21. The predicted octanol–water partition coefficient (Wildman–Crippen LogP) is 3.74. The van der Waals surface area contributed by atoms with Crippen LogP contribution in [0.15, 0.2) is 55.0 Å². The van der Waals surface area contributed by atoms with E-state index in [2.05, 4.69) is 29.2 Å². The third-order valence-electron chi connectivity index (χ3n) is 4.86. The fraction of sp³-hybridized carbons (Fsp3) is 0.238. The zero-order chi connectivity index (χ0) is 17.4. The van der Waals surface area contributed by atoms with Gasteiger partial charge in [-0.1, -0.05) is 30.3 Å². The van der Waals surface area contributed by atoms with Crippen LogP contribution in [0.3, 0.4) is 0 Å². The van der Waals surface area contributed by atoms with Crippen molar-refractivity contribution in [2.45, 2.75) is 26.3 Å². The number of nitrogens with zero attached hydrogens (tertiary/aromatic N) is 3. The van der Waals surface area contributed by atoms with Gasteiger partial charge in [0, 0.05) is 31.4 Å². The lowest BCUT2D eigenvalue weighted by Crippen LogP contribution is -2.30. The van der Waals surface area contributed by atoms with E-state index in [9.17, 15) is 4.79 Å². The van der Waals surface area contributed by atoms with Crippen molar-refractivity contribution in [3.63, 3.8) is 0 Å². The molecule has 1 aliphatic heterocycles. The normalized spacial score (nSPS) is 13.6.